The molecule has 0 saturated carbocycles. The number of hydrogen-bond donors (Lipinski definition) is 3. The average Bonchev–Trinajstić information content (AvgIpc) is 2.88. The first-order valence-electron chi connectivity index (χ1n) is 14.2. The van der Waals surface area contributed by atoms with E-state index in [1.807, 2.05) is 63.2 Å². The molecule has 0 radical (unpaired) electrons. The highest BCUT2D eigenvalue weighted by Crippen LogP contribution is 2.29. The Bertz CT molecular complexity index is 1120. The van der Waals surface area contributed by atoms with Crippen molar-refractivity contribution in [1.29, 1.82) is 0 Å². The topological polar surface area (TPSA) is 108 Å². The molecule has 0 fully saturated rings. The molecule has 2 unspecified atom stereocenters. The molecule has 0 heterocycles. The van der Waals surface area contributed by atoms with Crippen LogP contribution in [0.5, 0.6) is 0 Å². The Morgan fingerprint density at radius 3 is 2.08 bits per heavy atom. The second-order valence-electron chi connectivity index (χ2n) is 11.3. The van der Waals surface area contributed by atoms with E-state index in [9.17, 15) is 19.5 Å². The molecule has 0 spiro atoms. The minimum atomic E-state index is -1.27. The molecule has 40 heavy (non-hydrogen) atoms. The fourth-order valence-electron chi connectivity index (χ4n) is 4.64. The van der Waals surface area contributed by atoms with Crippen molar-refractivity contribution in [3.05, 3.63) is 64.7 Å². The fourth-order valence-corrected chi connectivity index (χ4v) is 4.64. The third kappa shape index (κ3) is 9.66. The van der Waals surface area contributed by atoms with Crippen LogP contribution in [0.4, 0.5) is 10.5 Å². The summed E-state index contributed by atoms with van der Waals surface area (Å²) >= 11 is 0. The van der Waals surface area contributed by atoms with Crippen LogP contribution < -0.4 is 10.6 Å². The zero-order chi connectivity index (χ0) is 29.9. The Kier molecular flexibility index (Phi) is 12.6. The zero-order valence-corrected chi connectivity index (χ0v) is 25.2. The van der Waals surface area contributed by atoms with Crippen LogP contribution in [0.1, 0.15) is 88.1 Å². The zero-order valence-electron chi connectivity index (χ0n) is 25.2. The van der Waals surface area contributed by atoms with E-state index >= 15 is 0 Å². The van der Waals surface area contributed by atoms with E-state index in [0.717, 1.165) is 42.4 Å². The lowest BCUT2D eigenvalue weighted by atomic mass is 9.97. The van der Waals surface area contributed by atoms with Gasteiger partial charge in [-0.15, -0.1) is 0 Å². The number of para-hydroxylation sites is 1. The maximum absolute atomic E-state index is 14.1. The fraction of sp³-hybridized carbons (Fsp3) is 0.531. The molecule has 0 aliphatic heterocycles. The lowest BCUT2D eigenvalue weighted by Gasteiger charge is -2.35. The summed E-state index contributed by atoms with van der Waals surface area (Å²) in [7, 11) is 0. The van der Waals surface area contributed by atoms with Gasteiger partial charge in [-0.05, 0) is 70.2 Å². The molecule has 3 amide bonds. The molecule has 2 aromatic rings. The van der Waals surface area contributed by atoms with Gasteiger partial charge in [-0.25, -0.2) is 4.79 Å². The summed E-state index contributed by atoms with van der Waals surface area (Å²) in [5.41, 5.74) is 3.28. The Labute approximate surface area is 239 Å². The summed E-state index contributed by atoms with van der Waals surface area (Å²) in [6.07, 6.45) is 3.94. The number of anilines is 1. The monoisotopic (exact) mass is 553 g/mol. The largest absolute Gasteiger partial charge is 0.444 e. The van der Waals surface area contributed by atoms with E-state index in [1.54, 1.807) is 20.8 Å². The van der Waals surface area contributed by atoms with Crippen LogP contribution in [0.25, 0.3) is 0 Å². The minimum absolute atomic E-state index is 0.286. The Morgan fingerprint density at radius 2 is 1.50 bits per heavy atom. The van der Waals surface area contributed by atoms with Gasteiger partial charge < -0.3 is 25.4 Å². The maximum atomic E-state index is 14.1. The second kappa shape index (κ2) is 15.4. The van der Waals surface area contributed by atoms with Crippen LogP contribution in [-0.4, -0.2) is 52.7 Å². The first kappa shape index (κ1) is 32.8. The number of unbranched alkanes of at least 4 members (excludes halogenated alkanes) is 4. The smallest absolute Gasteiger partial charge is 0.408 e. The number of amides is 3. The number of carbonyl (C=O) groups is 3. The van der Waals surface area contributed by atoms with E-state index in [2.05, 4.69) is 17.6 Å². The number of carbonyl (C=O) groups excluding carboxylic acids is 3. The number of nitrogens with zero attached hydrogens (tertiary/aromatic N) is 1. The molecule has 2 aromatic carbocycles. The second-order valence-corrected chi connectivity index (χ2v) is 11.3. The summed E-state index contributed by atoms with van der Waals surface area (Å²) in [6, 6.07) is 11.0. The van der Waals surface area contributed by atoms with Gasteiger partial charge >= 0.3 is 6.09 Å². The van der Waals surface area contributed by atoms with E-state index in [0.29, 0.717) is 17.7 Å². The lowest BCUT2D eigenvalue weighted by Crippen LogP contribution is -2.54. The number of benzene rings is 2. The Morgan fingerprint density at radius 1 is 0.900 bits per heavy atom. The van der Waals surface area contributed by atoms with Gasteiger partial charge in [0.2, 0.25) is 5.91 Å². The highest BCUT2D eigenvalue weighted by Gasteiger charge is 2.36. The third-order valence-electron chi connectivity index (χ3n) is 6.73. The molecular weight excluding hydrogens is 506 g/mol. The van der Waals surface area contributed by atoms with Crippen molar-refractivity contribution >= 4 is 23.6 Å². The molecule has 0 aromatic heterocycles. The standard InChI is InChI=1S/C32H47N3O5/c1-8-9-10-11-14-20-35(30(38)26(21-36)33-31(39)40-32(5,6)7)28(25-19-13-12-16-22(25)2)29(37)34-27-23(3)17-15-18-24(27)4/h12-13,15-19,26,28,36H,8-11,14,20-21H2,1-7H3,(H,33,39)(H,34,37). The molecule has 2 rings (SSSR count). The SMILES string of the molecule is CCCCCCCN(C(=O)C(CO)NC(=O)OC(C)(C)C)C(C(=O)Nc1c(C)cccc1C)c1ccccc1C. The van der Waals surface area contributed by atoms with Crippen molar-refractivity contribution < 1.29 is 24.2 Å². The van der Waals surface area contributed by atoms with Crippen molar-refractivity contribution in [2.75, 3.05) is 18.5 Å². The van der Waals surface area contributed by atoms with Crippen LogP contribution in [-0.2, 0) is 14.3 Å². The van der Waals surface area contributed by atoms with Crippen LogP contribution in [0.15, 0.2) is 42.5 Å². The summed E-state index contributed by atoms with van der Waals surface area (Å²) in [6.45, 7) is 12.7. The average molecular weight is 554 g/mol. The van der Waals surface area contributed by atoms with Gasteiger partial charge in [-0.3, -0.25) is 9.59 Å². The van der Waals surface area contributed by atoms with E-state index in [-0.39, 0.29) is 12.5 Å². The van der Waals surface area contributed by atoms with Gasteiger partial charge in [0.15, 0.2) is 0 Å². The normalized spacial score (nSPS) is 12.8. The first-order chi connectivity index (χ1) is 18.9. The highest BCUT2D eigenvalue weighted by molar-refractivity contribution is 6.00. The minimum Gasteiger partial charge on any atom is -0.444 e. The van der Waals surface area contributed by atoms with E-state index in [4.69, 9.17) is 4.74 Å². The number of nitrogens with one attached hydrogen (secondary N) is 2. The quantitative estimate of drug-likeness (QED) is 0.265. The summed E-state index contributed by atoms with van der Waals surface area (Å²) in [4.78, 5) is 42.2. The van der Waals surface area contributed by atoms with Crippen LogP contribution in [0, 0.1) is 20.8 Å². The third-order valence-corrected chi connectivity index (χ3v) is 6.73. The Hall–Kier alpha value is -3.39. The number of rotatable bonds is 13. The highest BCUT2D eigenvalue weighted by atomic mass is 16.6. The lowest BCUT2D eigenvalue weighted by molar-refractivity contribution is -0.141. The molecule has 2 atom stereocenters. The first-order valence-corrected chi connectivity index (χ1v) is 14.2. The number of aryl methyl sites for hydroxylation is 3. The van der Waals surface area contributed by atoms with E-state index in [1.165, 1.54) is 4.90 Å². The van der Waals surface area contributed by atoms with Crippen LogP contribution >= 0.6 is 0 Å². The van der Waals surface area contributed by atoms with Crippen molar-refractivity contribution in [3.8, 4) is 0 Å². The predicted molar refractivity (Wildman–Crippen MR) is 159 cm³/mol. The number of aliphatic hydroxyl groups is 1. The van der Waals surface area contributed by atoms with Crippen molar-refractivity contribution in [1.82, 2.24) is 10.2 Å². The van der Waals surface area contributed by atoms with Gasteiger partial charge in [0.25, 0.3) is 5.91 Å². The van der Waals surface area contributed by atoms with E-state index < -0.39 is 36.3 Å². The van der Waals surface area contributed by atoms with Gasteiger partial charge in [0, 0.05) is 12.2 Å². The van der Waals surface area contributed by atoms with Crippen molar-refractivity contribution in [2.45, 2.75) is 98.3 Å². The summed E-state index contributed by atoms with van der Waals surface area (Å²) in [5, 5.41) is 15.7. The maximum Gasteiger partial charge on any atom is 0.408 e. The van der Waals surface area contributed by atoms with Crippen LogP contribution in [0.2, 0.25) is 0 Å². The number of alkyl carbamates (subject to hydrolysis) is 1. The molecule has 0 aliphatic rings. The molecule has 8 heteroatoms. The molecule has 220 valence electrons. The number of hydrogen-bond acceptors (Lipinski definition) is 5. The van der Waals surface area contributed by atoms with Gasteiger partial charge in [0.1, 0.15) is 17.7 Å². The van der Waals surface area contributed by atoms with Crippen LogP contribution in [0.3, 0.4) is 0 Å². The molecule has 0 aliphatic carbocycles. The summed E-state index contributed by atoms with van der Waals surface area (Å²) < 4.78 is 5.33. The molecule has 3 N–H and O–H groups in total. The molecule has 0 saturated heterocycles. The molecule has 8 nitrogen and oxygen atoms in total. The van der Waals surface area contributed by atoms with Gasteiger partial charge in [0.05, 0.1) is 6.61 Å². The molecule has 0 bridgehead atoms. The predicted octanol–water partition coefficient (Wildman–Crippen LogP) is 5.98. The summed E-state index contributed by atoms with van der Waals surface area (Å²) in [5.74, 6) is -0.906. The number of ether oxygens (including phenoxy) is 1. The van der Waals surface area contributed by atoms with Crippen molar-refractivity contribution in [2.24, 2.45) is 0 Å². The molecular formula is C32H47N3O5. The van der Waals surface area contributed by atoms with Gasteiger partial charge in [-0.2, -0.15) is 0 Å². The number of aliphatic hydroxyl groups excluding tert-OH is 1. The Balaban J connectivity index is 2.52. The van der Waals surface area contributed by atoms with Gasteiger partial charge in [-0.1, -0.05) is 75.1 Å². The van der Waals surface area contributed by atoms with Crippen molar-refractivity contribution in [3.63, 3.8) is 0 Å².